The van der Waals surface area contributed by atoms with Gasteiger partial charge in [-0.3, -0.25) is 14.9 Å². The van der Waals surface area contributed by atoms with Crippen LogP contribution >= 0.6 is 11.6 Å². The fourth-order valence-electron chi connectivity index (χ4n) is 1.68. The Morgan fingerprint density at radius 1 is 1.29 bits per heavy atom. The summed E-state index contributed by atoms with van der Waals surface area (Å²) in [5.74, 6) is -1.22. The number of amides is 1. The van der Waals surface area contributed by atoms with Gasteiger partial charge in [-0.15, -0.1) is 0 Å². The molecule has 108 valence electrons. The minimum absolute atomic E-state index is 0.000234. The molecule has 0 heterocycles. The molecular formula is C14H10ClFN2O3. The Hall–Kier alpha value is -2.47. The molecule has 2 aromatic carbocycles. The number of nitro benzene ring substituents is 1. The van der Waals surface area contributed by atoms with Crippen LogP contribution in [-0.4, -0.2) is 10.8 Å². The summed E-state index contributed by atoms with van der Waals surface area (Å²) in [6.07, 6.45) is 0. The van der Waals surface area contributed by atoms with Crippen molar-refractivity contribution in [2.24, 2.45) is 0 Å². The van der Waals surface area contributed by atoms with Crippen molar-refractivity contribution in [1.82, 2.24) is 0 Å². The highest BCUT2D eigenvalue weighted by Crippen LogP contribution is 2.24. The Bertz CT molecular complexity index is 717. The topological polar surface area (TPSA) is 72.2 Å². The van der Waals surface area contributed by atoms with E-state index in [4.69, 9.17) is 11.6 Å². The molecule has 0 spiro atoms. The van der Waals surface area contributed by atoms with Crippen molar-refractivity contribution in [2.45, 2.75) is 6.92 Å². The van der Waals surface area contributed by atoms with Gasteiger partial charge in [-0.1, -0.05) is 11.6 Å². The van der Waals surface area contributed by atoms with Crippen LogP contribution < -0.4 is 5.32 Å². The minimum atomic E-state index is -0.652. The average molecular weight is 309 g/mol. The zero-order valence-electron chi connectivity index (χ0n) is 10.9. The number of nitro groups is 1. The third-order valence-electron chi connectivity index (χ3n) is 2.84. The fraction of sp³-hybridized carbons (Fsp3) is 0.0714. The number of benzene rings is 2. The Morgan fingerprint density at radius 2 is 1.90 bits per heavy atom. The molecule has 0 bridgehead atoms. The maximum atomic E-state index is 13.7. The van der Waals surface area contributed by atoms with Gasteiger partial charge in [-0.05, 0) is 36.8 Å². The number of carbonyl (C=O) groups is 1. The lowest BCUT2D eigenvalue weighted by atomic mass is 10.1. The van der Waals surface area contributed by atoms with E-state index in [-0.39, 0.29) is 22.0 Å². The zero-order valence-corrected chi connectivity index (χ0v) is 11.6. The number of carbonyl (C=O) groups excluding carboxylic acids is 1. The molecule has 0 aliphatic rings. The van der Waals surface area contributed by atoms with E-state index in [9.17, 15) is 19.3 Å². The maximum absolute atomic E-state index is 13.7. The first-order valence-corrected chi connectivity index (χ1v) is 6.27. The first-order chi connectivity index (χ1) is 9.88. The van der Waals surface area contributed by atoms with Crippen molar-refractivity contribution in [3.8, 4) is 0 Å². The molecule has 0 saturated carbocycles. The Labute approximate surface area is 124 Å². The summed E-state index contributed by atoms with van der Waals surface area (Å²) in [7, 11) is 0. The van der Waals surface area contributed by atoms with E-state index in [1.807, 2.05) is 0 Å². The second kappa shape index (κ2) is 5.88. The predicted molar refractivity (Wildman–Crippen MR) is 77.2 cm³/mol. The second-order valence-electron chi connectivity index (χ2n) is 4.34. The van der Waals surface area contributed by atoms with Crippen LogP contribution in [0.25, 0.3) is 0 Å². The maximum Gasteiger partial charge on any atom is 0.269 e. The molecule has 0 aromatic heterocycles. The highest BCUT2D eigenvalue weighted by Gasteiger charge is 2.13. The third kappa shape index (κ3) is 3.35. The standard InChI is InChI=1S/C14H10ClFN2O3/c1-8-6-13(12(16)7-11(8)15)17-14(19)9-2-4-10(5-3-9)18(20)21/h2-7H,1H3,(H,17,19). The van der Waals surface area contributed by atoms with E-state index in [1.54, 1.807) is 6.92 Å². The molecule has 2 aromatic rings. The smallest absolute Gasteiger partial charge is 0.269 e. The van der Waals surface area contributed by atoms with Crippen molar-refractivity contribution in [3.05, 3.63) is 68.5 Å². The molecule has 0 saturated heterocycles. The van der Waals surface area contributed by atoms with E-state index in [0.29, 0.717) is 5.56 Å². The van der Waals surface area contributed by atoms with Crippen molar-refractivity contribution >= 4 is 28.9 Å². The number of hydrogen-bond donors (Lipinski definition) is 1. The molecule has 0 unspecified atom stereocenters. The molecule has 0 aliphatic carbocycles. The fourth-order valence-corrected chi connectivity index (χ4v) is 1.83. The third-order valence-corrected chi connectivity index (χ3v) is 3.24. The van der Waals surface area contributed by atoms with Crippen molar-refractivity contribution < 1.29 is 14.1 Å². The van der Waals surface area contributed by atoms with E-state index in [2.05, 4.69) is 5.32 Å². The highest BCUT2D eigenvalue weighted by atomic mass is 35.5. The van der Waals surface area contributed by atoms with Gasteiger partial charge in [0.2, 0.25) is 0 Å². The van der Waals surface area contributed by atoms with Crippen LogP contribution in [0.5, 0.6) is 0 Å². The summed E-state index contributed by atoms with van der Waals surface area (Å²) < 4.78 is 13.7. The number of anilines is 1. The van der Waals surface area contributed by atoms with Crippen molar-refractivity contribution in [2.75, 3.05) is 5.32 Å². The lowest BCUT2D eigenvalue weighted by Crippen LogP contribution is -2.13. The molecule has 0 radical (unpaired) electrons. The van der Waals surface area contributed by atoms with Gasteiger partial charge in [0, 0.05) is 22.7 Å². The van der Waals surface area contributed by atoms with Crippen LogP contribution in [0.3, 0.4) is 0 Å². The van der Waals surface area contributed by atoms with E-state index < -0.39 is 16.6 Å². The normalized spacial score (nSPS) is 10.2. The van der Waals surface area contributed by atoms with Gasteiger partial charge < -0.3 is 5.32 Å². The zero-order chi connectivity index (χ0) is 15.6. The largest absolute Gasteiger partial charge is 0.319 e. The van der Waals surface area contributed by atoms with Crippen molar-refractivity contribution in [3.63, 3.8) is 0 Å². The molecular weight excluding hydrogens is 299 g/mol. The van der Waals surface area contributed by atoms with Gasteiger partial charge in [0.15, 0.2) is 0 Å². The summed E-state index contributed by atoms with van der Waals surface area (Å²) in [6.45, 7) is 1.68. The molecule has 5 nitrogen and oxygen atoms in total. The predicted octanol–water partition coefficient (Wildman–Crippen LogP) is 3.95. The molecule has 0 aliphatic heterocycles. The lowest BCUT2D eigenvalue weighted by Gasteiger charge is -2.08. The van der Waals surface area contributed by atoms with Crippen LogP contribution in [0.2, 0.25) is 5.02 Å². The number of nitrogens with one attached hydrogen (secondary N) is 1. The van der Waals surface area contributed by atoms with Crippen LogP contribution in [0.4, 0.5) is 15.8 Å². The van der Waals surface area contributed by atoms with Gasteiger partial charge in [0.05, 0.1) is 10.6 Å². The summed E-state index contributed by atoms with van der Waals surface area (Å²) in [4.78, 5) is 21.9. The first kappa shape index (κ1) is 14.9. The van der Waals surface area contributed by atoms with E-state index >= 15 is 0 Å². The number of non-ortho nitro benzene ring substituents is 1. The van der Waals surface area contributed by atoms with Crippen LogP contribution in [-0.2, 0) is 0 Å². The average Bonchev–Trinajstić information content (AvgIpc) is 2.44. The molecule has 2 rings (SSSR count). The molecule has 21 heavy (non-hydrogen) atoms. The minimum Gasteiger partial charge on any atom is -0.319 e. The quantitative estimate of drug-likeness (QED) is 0.689. The molecule has 1 amide bonds. The Balaban J connectivity index is 2.22. The van der Waals surface area contributed by atoms with E-state index in [1.165, 1.54) is 30.3 Å². The Kier molecular flexibility index (Phi) is 4.18. The van der Waals surface area contributed by atoms with Gasteiger partial charge in [-0.2, -0.15) is 0 Å². The monoisotopic (exact) mass is 308 g/mol. The molecule has 1 N–H and O–H groups in total. The van der Waals surface area contributed by atoms with Gasteiger partial charge in [0.1, 0.15) is 5.82 Å². The lowest BCUT2D eigenvalue weighted by molar-refractivity contribution is -0.384. The number of halogens is 2. The number of hydrogen-bond acceptors (Lipinski definition) is 3. The summed E-state index contributed by atoms with van der Waals surface area (Å²) in [6, 6.07) is 7.54. The Morgan fingerprint density at radius 3 is 2.48 bits per heavy atom. The van der Waals surface area contributed by atoms with Gasteiger partial charge in [0.25, 0.3) is 11.6 Å². The van der Waals surface area contributed by atoms with Crippen LogP contribution in [0.15, 0.2) is 36.4 Å². The second-order valence-corrected chi connectivity index (χ2v) is 4.75. The number of rotatable bonds is 3. The van der Waals surface area contributed by atoms with E-state index in [0.717, 1.165) is 6.07 Å². The van der Waals surface area contributed by atoms with Crippen LogP contribution in [0.1, 0.15) is 15.9 Å². The highest BCUT2D eigenvalue weighted by molar-refractivity contribution is 6.31. The van der Waals surface area contributed by atoms with Crippen LogP contribution in [0, 0.1) is 22.9 Å². The number of aryl methyl sites for hydroxylation is 1. The molecule has 0 atom stereocenters. The van der Waals surface area contributed by atoms with Gasteiger partial charge >= 0.3 is 0 Å². The molecule has 0 fully saturated rings. The summed E-state index contributed by atoms with van der Waals surface area (Å²) in [5, 5.41) is 13.2. The SMILES string of the molecule is Cc1cc(NC(=O)c2ccc([N+](=O)[O-])cc2)c(F)cc1Cl. The first-order valence-electron chi connectivity index (χ1n) is 5.90. The summed E-state index contributed by atoms with van der Waals surface area (Å²) >= 11 is 5.77. The van der Waals surface area contributed by atoms with Gasteiger partial charge in [-0.25, -0.2) is 4.39 Å². The summed E-state index contributed by atoms with van der Waals surface area (Å²) in [5.41, 5.74) is 0.685. The van der Waals surface area contributed by atoms with Crippen molar-refractivity contribution in [1.29, 1.82) is 0 Å². The number of nitrogens with zero attached hydrogens (tertiary/aromatic N) is 1. The molecule has 7 heteroatoms.